The molecule has 8 aromatic rings. The van der Waals surface area contributed by atoms with Gasteiger partial charge in [-0.15, -0.1) is 0 Å². The maximum atomic E-state index is 6.85. The van der Waals surface area contributed by atoms with E-state index in [1.165, 1.54) is 16.5 Å². The third-order valence-corrected chi connectivity index (χ3v) is 8.04. The van der Waals surface area contributed by atoms with Gasteiger partial charge in [0.15, 0.2) is 5.58 Å². The molecule has 0 N–H and O–H groups in total. The fourth-order valence-corrected chi connectivity index (χ4v) is 5.99. The summed E-state index contributed by atoms with van der Waals surface area (Å²) in [6, 6.07) is 57.8. The Bertz CT molecular complexity index is 2120. The van der Waals surface area contributed by atoms with Crippen molar-refractivity contribution in [2.24, 2.45) is 0 Å². The molecule has 198 valence electrons. The third kappa shape index (κ3) is 4.13. The topological polar surface area (TPSA) is 16.4 Å². The number of rotatable bonds is 5. The molecule has 2 heteroatoms. The Kier molecular flexibility index (Phi) is 5.82. The predicted molar refractivity (Wildman–Crippen MR) is 177 cm³/mol. The van der Waals surface area contributed by atoms with Crippen LogP contribution in [0.1, 0.15) is 0 Å². The van der Waals surface area contributed by atoms with Gasteiger partial charge in [0, 0.05) is 27.5 Å². The molecule has 0 saturated carbocycles. The molecule has 1 aromatic heterocycles. The van der Waals surface area contributed by atoms with Gasteiger partial charge in [-0.25, -0.2) is 0 Å². The second-order valence-corrected chi connectivity index (χ2v) is 10.6. The average molecular weight is 538 g/mol. The molecule has 0 atom stereocenters. The highest BCUT2D eigenvalue weighted by molar-refractivity contribution is 6.18. The lowest BCUT2D eigenvalue weighted by Gasteiger charge is -2.26. The Labute approximate surface area is 244 Å². The first-order valence-corrected chi connectivity index (χ1v) is 14.3. The summed E-state index contributed by atoms with van der Waals surface area (Å²) in [6.45, 7) is 0. The van der Waals surface area contributed by atoms with Crippen molar-refractivity contribution >= 4 is 49.8 Å². The molecule has 1 heterocycles. The highest BCUT2D eigenvalue weighted by Crippen LogP contribution is 2.45. The van der Waals surface area contributed by atoms with Crippen LogP contribution in [-0.4, -0.2) is 0 Å². The first-order valence-electron chi connectivity index (χ1n) is 14.3. The molecule has 0 amide bonds. The Morgan fingerprint density at radius 1 is 0.357 bits per heavy atom. The molecule has 0 aliphatic heterocycles. The van der Waals surface area contributed by atoms with E-state index in [0.29, 0.717) is 0 Å². The number of hydrogen-bond donors (Lipinski definition) is 0. The fraction of sp³-hybridized carbons (Fsp3) is 0. The van der Waals surface area contributed by atoms with Crippen molar-refractivity contribution in [1.29, 1.82) is 0 Å². The van der Waals surface area contributed by atoms with Gasteiger partial charge in [0.25, 0.3) is 0 Å². The van der Waals surface area contributed by atoms with Gasteiger partial charge in [-0.1, -0.05) is 121 Å². The van der Waals surface area contributed by atoms with E-state index < -0.39 is 0 Å². The molecule has 0 aliphatic rings. The van der Waals surface area contributed by atoms with Gasteiger partial charge >= 0.3 is 0 Å². The van der Waals surface area contributed by atoms with E-state index in [1.807, 2.05) is 0 Å². The van der Waals surface area contributed by atoms with Crippen LogP contribution in [0.4, 0.5) is 17.1 Å². The number of nitrogens with zero attached hydrogens (tertiary/aromatic N) is 1. The lowest BCUT2D eigenvalue weighted by atomic mass is 9.97. The fourth-order valence-electron chi connectivity index (χ4n) is 5.99. The molecular weight excluding hydrogens is 510 g/mol. The number of hydrogen-bond acceptors (Lipinski definition) is 2. The van der Waals surface area contributed by atoms with Crippen molar-refractivity contribution in [2.75, 3.05) is 4.90 Å². The number of benzene rings is 7. The van der Waals surface area contributed by atoms with Crippen LogP contribution in [0.15, 0.2) is 168 Å². The maximum absolute atomic E-state index is 6.85. The quantitative estimate of drug-likeness (QED) is 0.217. The van der Waals surface area contributed by atoms with Gasteiger partial charge in [0.05, 0.1) is 5.69 Å². The maximum Gasteiger partial charge on any atom is 0.159 e. The highest BCUT2D eigenvalue weighted by atomic mass is 16.3. The smallest absolute Gasteiger partial charge is 0.159 e. The Balaban J connectivity index is 1.41. The molecule has 8 rings (SSSR count). The minimum absolute atomic E-state index is 0.874. The first-order chi connectivity index (χ1) is 20.8. The zero-order chi connectivity index (χ0) is 27.9. The van der Waals surface area contributed by atoms with Crippen LogP contribution in [0.2, 0.25) is 0 Å². The first kappa shape index (κ1) is 24.2. The molecule has 2 nitrogen and oxygen atoms in total. The second-order valence-electron chi connectivity index (χ2n) is 10.6. The zero-order valence-electron chi connectivity index (χ0n) is 22.9. The number of anilines is 3. The number of fused-ring (bicyclic) bond motifs is 5. The van der Waals surface area contributed by atoms with Crippen molar-refractivity contribution in [1.82, 2.24) is 0 Å². The summed E-state index contributed by atoms with van der Waals surface area (Å²) in [5.74, 6) is 0. The number of para-hydroxylation sites is 2. The second kappa shape index (κ2) is 10.1. The van der Waals surface area contributed by atoms with E-state index in [0.717, 1.165) is 55.5 Å². The van der Waals surface area contributed by atoms with Crippen LogP contribution in [-0.2, 0) is 0 Å². The zero-order valence-corrected chi connectivity index (χ0v) is 22.9. The molecule has 7 aromatic carbocycles. The van der Waals surface area contributed by atoms with E-state index in [2.05, 4.69) is 169 Å². The van der Waals surface area contributed by atoms with E-state index in [1.54, 1.807) is 0 Å². The molecule has 0 unspecified atom stereocenters. The Morgan fingerprint density at radius 3 is 1.57 bits per heavy atom. The molecule has 0 aliphatic carbocycles. The van der Waals surface area contributed by atoms with Crippen LogP contribution in [0.25, 0.3) is 55.0 Å². The average Bonchev–Trinajstić information content (AvgIpc) is 3.46. The van der Waals surface area contributed by atoms with Crippen molar-refractivity contribution in [3.63, 3.8) is 0 Å². The van der Waals surface area contributed by atoms with Crippen molar-refractivity contribution in [2.45, 2.75) is 0 Å². The molecule has 0 bridgehead atoms. The summed E-state index contributed by atoms with van der Waals surface area (Å²) in [4.78, 5) is 2.30. The molecule has 0 spiro atoms. The SMILES string of the molecule is c1ccc(-c2ccc(-c3cc(N(c4ccccc4)c4ccccc4)c4oc5c6ccccc6ccc5c4c3)cc2)cc1. The van der Waals surface area contributed by atoms with Crippen molar-refractivity contribution < 1.29 is 4.42 Å². The Hall–Kier alpha value is -5.60. The van der Waals surface area contributed by atoms with Crippen LogP contribution in [0, 0.1) is 0 Å². The van der Waals surface area contributed by atoms with Crippen molar-refractivity contribution in [3.05, 3.63) is 164 Å². The van der Waals surface area contributed by atoms with Gasteiger partial charge in [0.1, 0.15) is 5.58 Å². The van der Waals surface area contributed by atoms with Gasteiger partial charge in [0.2, 0.25) is 0 Å². The summed E-state index contributed by atoms with van der Waals surface area (Å²) < 4.78 is 6.85. The lowest BCUT2D eigenvalue weighted by molar-refractivity contribution is 0.673. The summed E-state index contributed by atoms with van der Waals surface area (Å²) in [5.41, 5.74) is 9.67. The van der Waals surface area contributed by atoms with Crippen LogP contribution < -0.4 is 4.90 Å². The Morgan fingerprint density at radius 2 is 0.905 bits per heavy atom. The van der Waals surface area contributed by atoms with E-state index in [-0.39, 0.29) is 0 Å². The minimum Gasteiger partial charge on any atom is -0.453 e. The van der Waals surface area contributed by atoms with Crippen LogP contribution in [0.3, 0.4) is 0 Å². The standard InChI is InChI=1S/C40H27NO/c1-4-12-28(13-5-1)29-20-22-30(23-21-29)32-26-37-36-25-24-31-14-10-11-19-35(31)39(36)42-40(37)38(27-32)41(33-15-6-2-7-16-33)34-17-8-3-9-18-34/h1-27H. The van der Waals surface area contributed by atoms with Gasteiger partial charge in [-0.3, -0.25) is 0 Å². The normalized spacial score (nSPS) is 11.3. The van der Waals surface area contributed by atoms with E-state index >= 15 is 0 Å². The minimum atomic E-state index is 0.874. The summed E-state index contributed by atoms with van der Waals surface area (Å²) >= 11 is 0. The molecular formula is C40H27NO. The van der Waals surface area contributed by atoms with Crippen LogP contribution >= 0.6 is 0 Å². The summed E-state index contributed by atoms with van der Waals surface area (Å²) in [6.07, 6.45) is 0. The lowest BCUT2D eigenvalue weighted by Crippen LogP contribution is -2.10. The molecule has 42 heavy (non-hydrogen) atoms. The van der Waals surface area contributed by atoms with Gasteiger partial charge in [-0.05, 0) is 70.1 Å². The largest absolute Gasteiger partial charge is 0.453 e. The van der Waals surface area contributed by atoms with Crippen LogP contribution in [0.5, 0.6) is 0 Å². The predicted octanol–water partition coefficient (Wildman–Crippen LogP) is 11.5. The summed E-state index contributed by atoms with van der Waals surface area (Å²) in [7, 11) is 0. The number of furan rings is 1. The van der Waals surface area contributed by atoms with E-state index in [9.17, 15) is 0 Å². The third-order valence-electron chi connectivity index (χ3n) is 8.04. The van der Waals surface area contributed by atoms with Gasteiger partial charge in [-0.2, -0.15) is 0 Å². The molecule has 0 saturated heterocycles. The van der Waals surface area contributed by atoms with E-state index in [4.69, 9.17) is 4.42 Å². The molecule has 0 radical (unpaired) electrons. The molecule has 0 fully saturated rings. The van der Waals surface area contributed by atoms with Crippen molar-refractivity contribution in [3.8, 4) is 22.3 Å². The van der Waals surface area contributed by atoms with Gasteiger partial charge < -0.3 is 9.32 Å². The summed E-state index contributed by atoms with van der Waals surface area (Å²) in [5, 5.41) is 4.52. The monoisotopic (exact) mass is 537 g/mol. The highest BCUT2D eigenvalue weighted by Gasteiger charge is 2.21.